The lowest BCUT2D eigenvalue weighted by Crippen LogP contribution is -2.16. The van der Waals surface area contributed by atoms with E-state index >= 15 is 0 Å². The van der Waals surface area contributed by atoms with Crippen LogP contribution < -0.4 is 14.8 Å². The van der Waals surface area contributed by atoms with Crippen LogP contribution in [0.1, 0.15) is 10.4 Å². The van der Waals surface area contributed by atoms with E-state index in [1.165, 1.54) is 55.6 Å². The van der Waals surface area contributed by atoms with Gasteiger partial charge < -0.3 is 10.1 Å². The number of rotatable bonds is 8. The highest BCUT2D eigenvalue weighted by Gasteiger charge is 2.17. The van der Waals surface area contributed by atoms with E-state index in [2.05, 4.69) is 10.0 Å². The number of anilines is 2. The van der Waals surface area contributed by atoms with E-state index < -0.39 is 21.7 Å². The molecule has 0 bridgehead atoms. The van der Waals surface area contributed by atoms with E-state index in [1.54, 1.807) is 24.3 Å². The monoisotopic (exact) mass is 464 g/mol. The van der Waals surface area contributed by atoms with Gasteiger partial charge in [0.2, 0.25) is 0 Å². The summed E-state index contributed by atoms with van der Waals surface area (Å²) >= 11 is 0.367. The van der Waals surface area contributed by atoms with Gasteiger partial charge in [-0.1, -0.05) is 23.9 Å². The number of ether oxygens (including phenoxy) is 1. The minimum Gasteiger partial charge on any atom is -0.497 e. The van der Waals surface area contributed by atoms with Crippen LogP contribution in [-0.4, -0.2) is 27.2 Å². The van der Waals surface area contributed by atoms with Crippen LogP contribution in [0.5, 0.6) is 5.75 Å². The van der Waals surface area contributed by atoms with Gasteiger partial charge >= 0.3 is 0 Å². The van der Waals surface area contributed by atoms with Crippen molar-refractivity contribution in [1.82, 2.24) is 0 Å². The molecule has 0 saturated heterocycles. The van der Waals surface area contributed by atoms with Gasteiger partial charge in [-0.3, -0.25) is 9.52 Å². The van der Waals surface area contributed by atoms with Crippen molar-refractivity contribution >= 4 is 39.1 Å². The van der Waals surface area contributed by atoms with E-state index in [1.807, 2.05) is 0 Å². The second-order valence-corrected chi connectivity index (χ2v) is 8.97. The summed E-state index contributed by atoms with van der Waals surface area (Å²) < 4.78 is 57.7. The third kappa shape index (κ3) is 6.19. The zero-order valence-corrected chi connectivity index (χ0v) is 17.8. The molecule has 0 spiro atoms. The fourth-order valence-corrected chi connectivity index (χ4v) is 4.23. The van der Waals surface area contributed by atoms with Crippen LogP contribution in [0.4, 0.5) is 20.2 Å². The molecule has 162 valence electrons. The Morgan fingerprint density at radius 2 is 1.68 bits per heavy atom. The summed E-state index contributed by atoms with van der Waals surface area (Å²) in [7, 11) is -2.49. The van der Waals surface area contributed by atoms with Gasteiger partial charge in [-0.25, -0.2) is 8.42 Å². The molecule has 3 rings (SSSR count). The first-order valence-electron chi connectivity index (χ1n) is 8.90. The van der Waals surface area contributed by atoms with Crippen molar-refractivity contribution < 1.29 is 26.7 Å². The smallest absolute Gasteiger partial charge is 0.288 e. The lowest BCUT2D eigenvalue weighted by atomic mass is 10.2. The predicted molar refractivity (Wildman–Crippen MR) is 117 cm³/mol. The van der Waals surface area contributed by atoms with Gasteiger partial charge in [-0.2, -0.15) is 8.78 Å². The highest BCUT2D eigenvalue weighted by molar-refractivity contribution is 7.99. The van der Waals surface area contributed by atoms with Crippen molar-refractivity contribution in [3.05, 3.63) is 78.4 Å². The molecule has 0 aliphatic carbocycles. The summed E-state index contributed by atoms with van der Waals surface area (Å²) in [5.74, 6) is -2.48. The fraction of sp³-hybridized carbons (Fsp3) is 0.0952. The van der Waals surface area contributed by atoms with Gasteiger partial charge in [0.1, 0.15) is 5.75 Å². The van der Waals surface area contributed by atoms with Crippen molar-refractivity contribution in [2.45, 2.75) is 15.5 Å². The van der Waals surface area contributed by atoms with Crippen LogP contribution in [0.2, 0.25) is 0 Å². The molecular formula is C21H18F2N2O4S2. The SMILES string of the molecule is COc1cccc(NC(=O)c2cccc(S(=O)(=O)Nc3ccc(SC(F)F)cc3)c2)c1. The number of sulfonamides is 1. The molecule has 0 aliphatic heterocycles. The van der Waals surface area contributed by atoms with Gasteiger partial charge in [0.25, 0.3) is 21.7 Å². The average Bonchev–Trinajstić information content (AvgIpc) is 2.75. The summed E-state index contributed by atoms with van der Waals surface area (Å²) in [6, 6.07) is 17.9. The molecular weight excluding hydrogens is 446 g/mol. The molecule has 1 amide bonds. The van der Waals surface area contributed by atoms with Crippen molar-refractivity contribution in [3.8, 4) is 5.75 Å². The number of alkyl halides is 2. The minimum absolute atomic E-state index is 0.114. The summed E-state index contributed by atoms with van der Waals surface area (Å²) in [5, 5.41) is 2.69. The lowest BCUT2D eigenvalue weighted by Gasteiger charge is -2.11. The second-order valence-electron chi connectivity index (χ2n) is 6.22. The number of nitrogens with one attached hydrogen (secondary N) is 2. The third-order valence-corrected chi connectivity index (χ3v) is 6.17. The number of methoxy groups -OCH3 is 1. The zero-order valence-electron chi connectivity index (χ0n) is 16.2. The van der Waals surface area contributed by atoms with Gasteiger partial charge in [0.05, 0.1) is 12.0 Å². The molecule has 10 heteroatoms. The van der Waals surface area contributed by atoms with E-state index in [0.717, 1.165) is 0 Å². The van der Waals surface area contributed by atoms with Crippen LogP contribution >= 0.6 is 11.8 Å². The average molecular weight is 465 g/mol. The molecule has 3 aromatic carbocycles. The van der Waals surface area contributed by atoms with Gasteiger partial charge in [-0.15, -0.1) is 0 Å². The van der Waals surface area contributed by atoms with Crippen LogP contribution in [-0.2, 0) is 10.0 Å². The highest BCUT2D eigenvalue weighted by Crippen LogP contribution is 2.27. The van der Waals surface area contributed by atoms with Gasteiger partial charge in [0.15, 0.2) is 0 Å². The number of hydrogen-bond acceptors (Lipinski definition) is 5. The summed E-state index contributed by atoms with van der Waals surface area (Å²) in [6.45, 7) is 0. The minimum atomic E-state index is -3.99. The molecule has 0 aliphatic rings. The van der Waals surface area contributed by atoms with Crippen molar-refractivity contribution in [2.24, 2.45) is 0 Å². The Labute approximate surface area is 182 Å². The van der Waals surface area contributed by atoms with E-state index in [4.69, 9.17) is 4.74 Å². The van der Waals surface area contributed by atoms with Crippen molar-refractivity contribution in [3.63, 3.8) is 0 Å². The number of carbonyl (C=O) groups is 1. The Morgan fingerprint density at radius 3 is 2.35 bits per heavy atom. The van der Waals surface area contributed by atoms with Crippen LogP contribution in [0, 0.1) is 0 Å². The Balaban J connectivity index is 1.75. The van der Waals surface area contributed by atoms with Crippen LogP contribution in [0.25, 0.3) is 0 Å². The second kappa shape index (κ2) is 9.80. The third-order valence-electron chi connectivity index (χ3n) is 4.07. The molecule has 2 N–H and O–H groups in total. The molecule has 0 heterocycles. The maximum absolute atomic E-state index is 12.7. The van der Waals surface area contributed by atoms with E-state index in [0.29, 0.717) is 28.1 Å². The fourth-order valence-electron chi connectivity index (χ4n) is 2.63. The summed E-state index contributed by atoms with van der Waals surface area (Å²) in [4.78, 5) is 12.7. The molecule has 0 radical (unpaired) electrons. The van der Waals surface area contributed by atoms with Crippen LogP contribution in [0.3, 0.4) is 0 Å². The molecule has 0 fully saturated rings. The Kier molecular flexibility index (Phi) is 7.13. The van der Waals surface area contributed by atoms with Crippen molar-refractivity contribution in [2.75, 3.05) is 17.1 Å². The molecule has 0 unspecified atom stereocenters. The Morgan fingerprint density at radius 1 is 0.968 bits per heavy atom. The normalized spacial score (nSPS) is 11.2. The zero-order chi connectivity index (χ0) is 22.4. The number of carbonyl (C=O) groups excluding carboxylic acids is 1. The summed E-state index contributed by atoms with van der Waals surface area (Å²) in [5.41, 5.74) is 0.858. The maximum atomic E-state index is 12.7. The Bertz CT molecular complexity index is 1170. The van der Waals surface area contributed by atoms with E-state index in [-0.39, 0.29) is 16.1 Å². The molecule has 0 saturated carbocycles. The lowest BCUT2D eigenvalue weighted by molar-refractivity contribution is 0.102. The number of benzene rings is 3. The molecule has 6 nitrogen and oxygen atoms in total. The first-order chi connectivity index (χ1) is 14.8. The number of hydrogen-bond donors (Lipinski definition) is 2. The number of halogens is 2. The summed E-state index contributed by atoms with van der Waals surface area (Å²) in [6.07, 6.45) is 0. The van der Waals surface area contributed by atoms with Gasteiger partial charge in [0, 0.05) is 27.9 Å². The topological polar surface area (TPSA) is 84.5 Å². The largest absolute Gasteiger partial charge is 0.497 e. The molecule has 3 aromatic rings. The molecule has 0 atom stereocenters. The van der Waals surface area contributed by atoms with Crippen molar-refractivity contribution in [1.29, 1.82) is 0 Å². The molecule has 31 heavy (non-hydrogen) atoms. The predicted octanol–water partition coefficient (Wildman–Crippen LogP) is 5.06. The Hall–Kier alpha value is -3.11. The standard InChI is InChI=1S/C21H18F2N2O4S2/c1-29-17-6-3-5-16(13-17)24-20(26)14-4-2-7-19(12-14)31(27,28)25-15-8-10-18(11-9-15)30-21(22)23/h2-13,21,25H,1H3,(H,24,26). The maximum Gasteiger partial charge on any atom is 0.288 e. The number of thioether (sulfide) groups is 1. The first kappa shape index (κ1) is 22.6. The quantitative estimate of drug-likeness (QED) is 0.455. The van der Waals surface area contributed by atoms with Gasteiger partial charge in [-0.05, 0) is 54.6 Å². The highest BCUT2D eigenvalue weighted by atomic mass is 32.2. The van der Waals surface area contributed by atoms with E-state index in [9.17, 15) is 22.0 Å². The van der Waals surface area contributed by atoms with Crippen LogP contribution in [0.15, 0.2) is 82.6 Å². The first-order valence-corrected chi connectivity index (χ1v) is 11.3. The number of amides is 1. The molecule has 0 aromatic heterocycles.